The number of likely N-dealkylation sites (tertiary alicyclic amines) is 1. The van der Waals surface area contributed by atoms with Crippen LogP contribution in [0.5, 0.6) is 0 Å². The van der Waals surface area contributed by atoms with Gasteiger partial charge in [-0.1, -0.05) is 48.5 Å². The molecule has 3 aromatic rings. The topological polar surface area (TPSA) is 92.2 Å². The fourth-order valence-corrected chi connectivity index (χ4v) is 5.14. The first-order valence-electron chi connectivity index (χ1n) is 11.6. The molecule has 1 unspecified atom stereocenters. The molecule has 3 heterocycles. The van der Waals surface area contributed by atoms with Crippen molar-refractivity contribution in [2.75, 3.05) is 13.1 Å². The summed E-state index contributed by atoms with van der Waals surface area (Å²) in [7, 11) is 1.85. The van der Waals surface area contributed by atoms with Gasteiger partial charge in [-0.15, -0.1) is 5.10 Å². The molecule has 2 saturated heterocycles. The number of nitrogens with one attached hydrogen (secondary N) is 2. The van der Waals surface area contributed by atoms with E-state index in [9.17, 15) is 9.59 Å². The number of carbonyl (C=O) groups is 2. The molecule has 0 spiro atoms. The van der Waals surface area contributed by atoms with Crippen LogP contribution in [-0.2, 0) is 23.2 Å². The third kappa shape index (κ3) is 4.35. The first-order chi connectivity index (χ1) is 16.0. The van der Waals surface area contributed by atoms with Gasteiger partial charge in [-0.25, -0.2) is 4.68 Å². The van der Waals surface area contributed by atoms with Gasteiger partial charge >= 0.3 is 0 Å². The van der Waals surface area contributed by atoms with Crippen LogP contribution in [-0.4, -0.2) is 56.9 Å². The minimum absolute atomic E-state index is 0.0407. The molecular weight excluding hydrogens is 416 g/mol. The minimum atomic E-state index is -0.426. The third-order valence-electron chi connectivity index (χ3n) is 6.94. The highest BCUT2D eigenvalue weighted by molar-refractivity contribution is 5.90. The molecule has 2 N–H and O–H groups in total. The molecule has 0 radical (unpaired) electrons. The largest absolute Gasteiger partial charge is 0.350 e. The normalized spacial score (nSPS) is 25.0. The number of hydrogen-bond acceptors (Lipinski definition) is 5. The Morgan fingerprint density at radius 3 is 2.79 bits per heavy atom. The van der Waals surface area contributed by atoms with Gasteiger partial charge in [-0.3, -0.25) is 9.59 Å². The SMILES string of the molecule is CC1C[C@@H](C(=O)NCc2ccc3c(c2)nnn3C)N(C(=O)[C@H]2C[C@@H](c3ccccc3)CN2)C1. The summed E-state index contributed by atoms with van der Waals surface area (Å²) in [5.41, 5.74) is 3.97. The Labute approximate surface area is 193 Å². The molecular formula is C25H30N6O2. The molecule has 2 fully saturated rings. The average Bonchev–Trinajstić information content (AvgIpc) is 3.56. The second-order valence-corrected chi connectivity index (χ2v) is 9.41. The summed E-state index contributed by atoms with van der Waals surface area (Å²) in [6, 6.07) is 15.5. The van der Waals surface area contributed by atoms with Gasteiger partial charge in [0.05, 0.1) is 11.6 Å². The second kappa shape index (κ2) is 8.94. The summed E-state index contributed by atoms with van der Waals surface area (Å²) >= 11 is 0. The summed E-state index contributed by atoms with van der Waals surface area (Å²) in [6.45, 7) is 3.91. The van der Waals surface area contributed by atoms with Gasteiger partial charge in [0.15, 0.2) is 0 Å². The van der Waals surface area contributed by atoms with E-state index in [2.05, 4.69) is 40.0 Å². The molecule has 2 aliphatic heterocycles. The number of fused-ring (bicyclic) bond motifs is 1. The monoisotopic (exact) mass is 446 g/mol. The number of carbonyl (C=O) groups excluding carboxylic acids is 2. The predicted molar refractivity (Wildman–Crippen MR) is 125 cm³/mol. The molecule has 2 amide bonds. The van der Waals surface area contributed by atoms with E-state index in [0.29, 0.717) is 31.3 Å². The molecule has 0 bridgehead atoms. The maximum Gasteiger partial charge on any atom is 0.243 e. The fourth-order valence-electron chi connectivity index (χ4n) is 5.14. The molecule has 5 rings (SSSR count). The van der Waals surface area contributed by atoms with Gasteiger partial charge in [0.25, 0.3) is 0 Å². The van der Waals surface area contributed by atoms with Crippen molar-refractivity contribution < 1.29 is 9.59 Å². The molecule has 8 nitrogen and oxygen atoms in total. The maximum absolute atomic E-state index is 13.4. The molecule has 0 saturated carbocycles. The van der Waals surface area contributed by atoms with Crippen molar-refractivity contribution in [3.8, 4) is 0 Å². The van der Waals surface area contributed by atoms with Gasteiger partial charge in [-0.05, 0) is 47.9 Å². The Balaban J connectivity index is 1.22. The molecule has 0 aliphatic carbocycles. The van der Waals surface area contributed by atoms with Crippen molar-refractivity contribution in [1.29, 1.82) is 0 Å². The van der Waals surface area contributed by atoms with Gasteiger partial charge in [-0.2, -0.15) is 0 Å². The molecule has 2 aromatic carbocycles. The first kappa shape index (κ1) is 21.6. The zero-order chi connectivity index (χ0) is 22.9. The van der Waals surface area contributed by atoms with Crippen molar-refractivity contribution in [2.24, 2.45) is 13.0 Å². The third-order valence-corrected chi connectivity index (χ3v) is 6.94. The fraction of sp³-hybridized carbons (Fsp3) is 0.440. The predicted octanol–water partition coefficient (Wildman–Crippen LogP) is 1.97. The lowest BCUT2D eigenvalue weighted by atomic mass is 9.96. The Morgan fingerprint density at radius 1 is 1.15 bits per heavy atom. The Morgan fingerprint density at radius 2 is 1.97 bits per heavy atom. The number of aryl methyl sites for hydroxylation is 1. The second-order valence-electron chi connectivity index (χ2n) is 9.41. The van der Waals surface area contributed by atoms with Gasteiger partial charge in [0.1, 0.15) is 11.6 Å². The number of amides is 2. The van der Waals surface area contributed by atoms with Gasteiger partial charge in [0.2, 0.25) is 11.8 Å². The summed E-state index contributed by atoms with van der Waals surface area (Å²) in [5, 5.41) is 14.6. The van der Waals surface area contributed by atoms with Crippen molar-refractivity contribution in [3.05, 3.63) is 59.7 Å². The van der Waals surface area contributed by atoms with Crippen LogP contribution in [0.3, 0.4) is 0 Å². The summed E-state index contributed by atoms with van der Waals surface area (Å²) < 4.78 is 1.72. The molecule has 8 heteroatoms. The average molecular weight is 447 g/mol. The number of rotatable bonds is 5. The first-order valence-corrected chi connectivity index (χ1v) is 11.6. The van der Waals surface area contributed by atoms with Crippen LogP contribution in [0, 0.1) is 5.92 Å². The summed E-state index contributed by atoms with van der Waals surface area (Å²) in [4.78, 5) is 28.3. The van der Waals surface area contributed by atoms with E-state index in [1.165, 1.54) is 5.56 Å². The standard InChI is InChI=1S/C25H30N6O2/c1-16-10-23(24(32)27-13-17-8-9-22-20(11-17)28-29-30(22)2)31(15-16)25(33)21-12-19(14-26-21)18-6-4-3-5-7-18/h3-9,11,16,19,21,23,26H,10,12-15H2,1-2H3,(H,27,32)/t16?,19-,21-,23+/m1/s1. The van der Waals surface area contributed by atoms with E-state index in [1.54, 1.807) is 9.58 Å². The molecule has 4 atom stereocenters. The molecule has 2 aliphatic rings. The van der Waals surface area contributed by atoms with Crippen LogP contribution >= 0.6 is 0 Å². The Bertz CT molecular complexity index is 1160. The highest BCUT2D eigenvalue weighted by Gasteiger charge is 2.42. The lowest BCUT2D eigenvalue weighted by Crippen LogP contribution is -2.51. The number of aromatic nitrogens is 3. The van der Waals surface area contributed by atoms with Crippen LogP contribution in [0.25, 0.3) is 11.0 Å². The van der Waals surface area contributed by atoms with E-state index in [1.807, 2.05) is 43.4 Å². The zero-order valence-electron chi connectivity index (χ0n) is 19.1. The van der Waals surface area contributed by atoms with Crippen molar-refractivity contribution in [1.82, 2.24) is 30.5 Å². The van der Waals surface area contributed by atoms with Crippen LogP contribution < -0.4 is 10.6 Å². The Hall–Kier alpha value is -3.26. The van der Waals surface area contributed by atoms with E-state index in [4.69, 9.17) is 0 Å². The smallest absolute Gasteiger partial charge is 0.243 e. The molecule has 172 valence electrons. The van der Waals surface area contributed by atoms with Crippen LogP contribution in [0.15, 0.2) is 48.5 Å². The lowest BCUT2D eigenvalue weighted by molar-refractivity contribution is -0.139. The maximum atomic E-state index is 13.4. The molecule has 33 heavy (non-hydrogen) atoms. The highest BCUT2D eigenvalue weighted by atomic mass is 16.2. The quantitative estimate of drug-likeness (QED) is 0.625. The van der Waals surface area contributed by atoms with Crippen molar-refractivity contribution in [3.63, 3.8) is 0 Å². The van der Waals surface area contributed by atoms with Crippen molar-refractivity contribution >= 4 is 22.8 Å². The highest BCUT2D eigenvalue weighted by Crippen LogP contribution is 2.30. The molecule has 1 aromatic heterocycles. The lowest BCUT2D eigenvalue weighted by Gasteiger charge is -2.27. The van der Waals surface area contributed by atoms with Crippen molar-refractivity contribution in [2.45, 2.75) is 44.3 Å². The number of benzene rings is 2. The van der Waals surface area contributed by atoms with Crippen LogP contribution in [0.2, 0.25) is 0 Å². The van der Waals surface area contributed by atoms with Crippen LogP contribution in [0.4, 0.5) is 0 Å². The minimum Gasteiger partial charge on any atom is -0.350 e. The van der Waals surface area contributed by atoms with E-state index in [-0.39, 0.29) is 17.9 Å². The Kier molecular flexibility index (Phi) is 5.85. The van der Waals surface area contributed by atoms with E-state index >= 15 is 0 Å². The van der Waals surface area contributed by atoms with Crippen LogP contribution in [0.1, 0.15) is 36.8 Å². The summed E-state index contributed by atoms with van der Waals surface area (Å²) in [6.07, 6.45) is 1.45. The van der Waals surface area contributed by atoms with E-state index in [0.717, 1.165) is 29.6 Å². The number of hydrogen-bond donors (Lipinski definition) is 2. The summed E-state index contributed by atoms with van der Waals surface area (Å²) in [5.74, 6) is 0.568. The van der Waals surface area contributed by atoms with Gasteiger partial charge < -0.3 is 15.5 Å². The zero-order valence-corrected chi connectivity index (χ0v) is 19.1. The van der Waals surface area contributed by atoms with E-state index < -0.39 is 6.04 Å². The van der Waals surface area contributed by atoms with Gasteiger partial charge in [0, 0.05) is 26.7 Å². The number of nitrogens with zero attached hydrogens (tertiary/aromatic N) is 4.